The van der Waals surface area contributed by atoms with Crippen molar-refractivity contribution in [1.82, 2.24) is 0 Å². The standard InChI is InChI=1S/C17H18N2/c1-2-19-17-15-10-6-5-8-13(15)12-7-3-4-9-14(12)16(17)11-18/h3-10,19H,2,11,18H2,1H3. The first-order valence-corrected chi connectivity index (χ1v) is 6.73. The zero-order valence-corrected chi connectivity index (χ0v) is 11.1. The van der Waals surface area contributed by atoms with E-state index in [0.29, 0.717) is 6.54 Å². The molecule has 0 unspecified atom stereocenters. The van der Waals surface area contributed by atoms with Gasteiger partial charge in [-0.25, -0.2) is 0 Å². The molecule has 0 saturated heterocycles. The predicted molar refractivity (Wildman–Crippen MR) is 83.5 cm³/mol. The maximum Gasteiger partial charge on any atom is 0.0471 e. The van der Waals surface area contributed by atoms with E-state index in [2.05, 4.69) is 60.8 Å². The fourth-order valence-electron chi connectivity index (χ4n) is 2.81. The van der Waals surface area contributed by atoms with Crippen LogP contribution in [0.5, 0.6) is 0 Å². The van der Waals surface area contributed by atoms with Gasteiger partial charge < -0.3 is 11.1 Å². The zero-order chi connectivity index (χ0) is 13.2. The van der Waals surface area contributed by atoms with Gasteiger partial charge in [0.15, 0.2) is 0 Å². The third-order valence-corrected chi connectivity index (χ3v) is 3.60. The van der Waals surface area contributed by atoms with Crippen molar-refractivity contribution in [3.05, 3.63) is 54.1 Å². The lowest BCUT2D eigenvalue weighted by molar-refractivity contribution is 1.08. The van der Waals surface area contributed by atoms with Gasteiger partial charge in [0.05, 0.1) is 0 Å². The van der Waals surface area contributed by atoms with Gasteiger partial charge in [-0.1, -0.05) is 48.5 Å². The average Bonchev–Trinajstić information content (AvgIpc) is 2.48. The van der Waals surface area contributed by atoms with Crippen LogP contribution in [0.3, 0.4) is 0 Å². The number of anilines is 1. The van der Waals surface area contributed by atoms with Gasteiger partial charge in [-0.05, 0) is 28.6 Å². The minimum absolute atomic E-state index is 0.549. The van der Waals surface area contributed by atoms with Crippen LogP contribution in [-0.4, -0.2) is 6.54 Å². The highest BCUT2D eigenvalue weighted by molar-refractivity contribution is 6.15. The summed E-state index contributed by atoms with van der Waals surface area (Å²) in [5.74, 6) is 0. The maximum absolute atomic E-state index is 6.00. The molecule has 3 rings (SSSR count). The molecule has 3 aromatic carbocycles. The second kappa shape index (κ2) is 4.90. The van der Waals surface area contributed by atoms with Crippen LogP contribution in [-0.2, 0) is 6.54 Å². The first kappa shape index (κ1) is 12.0. The summed E-state index contributed by atoms with van der Waals surface area (Å²) in [6.07, 6.45) is 0. The molecule has 0 atom stereocenters. The summed E-state index contributed by atoms with van der Waals surface area (Å²) in [7, 11) is 0. The molecule has 0 aliphatic rings. The lowest BCUT2D eigenvalue weighted by Crippen LogP contribution is -2.06. The van der Waals surface area contributed by atoms with Crippen molar-refractivity contribution >= 4 is 27.2 Å². The first-order chi connectivity index (χ1) is 9.36. The first-order valence-electron chi connectivity index (χ1n) is 6.73. The quantitative estimate of drug-likeness (QED) is 0.692. The van der Waals surface area contributed by atoms with Crippen LogP contribution in [0.25, 0.3) is 21.5 Å². The summed E-state index contributed by atoms with van der Waals surface area (Å²) in [5.41, 5.74) is 8.38. The zero-order valence-electron chi connectivity index (χ0n) is 11.1. The second-order valence-electron chi connectivity index (χ2n) is 4.68. The van der Waals surface area contributed by atoms with E-state index in [1.165, 1.54) is 32.8 Å². The maximum atomic E-state index is 6.00. The Kier molecular flexibility index (Phi) is 3.10. The summed E-state index contributed by atoms with van der Waals surface area (Å²) < 4.78 is 0. The van der Waals surface area contributed by atoms with Gasteiger partial charge in [0, 0.05) is 24.2 Å². The van der Waals surface area contributed by atoms with Crippen LogP contribution >= 0.6 is 0 Å². The Morgan fingerprint density at radius 2 is 1.37 bits per heavy atom. The highest BCUT2D eigenvalue weighted by Gasteiger charge is 2.11. The van der Waals surface area contributed by atoms with E-state index in [0.717, 1.165) is 6.54 Å². The number of fused-ring (bicyclic) bond motifs is 3. The fourth-order valence-corrected chi connectivity index (χ4v) is 2.81. The summed E-state index contributed by atoms with van der Waals surface area (Å²) in [4.78, 5) is 0. The van der Waals surface area contributed by atoms with Crippen LogP contribution < -0.4 is 11.1 Å². The molecule has 0 radical (unpaired) electrons. The molecule has 19 heavy (non-hydrogen) atoms. The topological polar surface area (TPSA) is 38.0 Å². The van der Waals surface area contributed by atoms with Gasteiger partial charge in [-0.2, -0.15) is 0 Å². The highest BCUT2D eigenvalue weighted by atomic mass is 14.9. The fraction of sp³-hybridized carbons (Fsp3) is 0.176. The van der Waals surface area contributed by atoms with Crippen LogP contribution in [0.15, 0.2) is 48.5 Å². The third-order valence-electron chi connectivity index (χ3n) is 3.60. The van der Waals surface area contributed by atoms with Crippen molar-refractivity contribution in [1.29, 1.82) is 0 Å². The van der Waals surface area contributed by atoms with Crippen LogP contribution in [0.4, 0.5) is 5.69 Å². The van der Waals surface area contributed by atoms with Crippen molar-refractivity contribution < 1.29 is 0 Å². The van der Waals surface area contributed by atoms with Crippen molar-refractivity contribution in [3.8, 4) is 0 Å². The Morgan fingerprint density at radius 3 is 1.95 bits per heavy atom. The molecule has 3 N–H and O–H groups in total. The lowest BCUT2D eigenvalue weighted by Gasteiger charge is -2.17. The SMILES string of the molecule is CCNc1c(CN)c2ccccc2c2ccccc12. The molecule has 2 nitrogen and oxygen atoms in total. The number of benzene rings is 3. The monoisotopic (exact) mass is 250 g/mol. The van der Waals surface area contributed by atoms with Crippen LogP contribution in [0.2, 0.25) is 0 Å². The van der Waals surface area contributed by atoms with Gasteiger partial charge >= 0.3 is 0 Å². The van der Waals surface area contributed by atoms with Crippen molar-refractivity contribution in [2.45, 2.75) is 13.5 Å². The minimum atomic E-state index is 0.549. The molecule has 0 aromatic heterocycles. The molecule has 0 heterocycles. The van der Waals surface area contributed by atoms with E-state index in [4.69, 9.17) is 5.73 Å². The molecule has 96 valence electrons. The van der Waals surface area contributed by atoms with Gasteiger partial charge in [0.25, 0.3) is 0 Å². The van der Waals surface area contributed by atoms with Crippen molar-refractivity contribution in [3.63, 3.8) is 0 Å². The van der Waals surface area contributed by atoms with Gasteiger partial charge in [-0.3, -0.25) is 0 Å². The smallest absolute Gasteiger partial charge is 0.0471 e. The van der Waals surface area contributed by atoms with E-state index in [1.807, 2.05) is 0 Å². The Hall–Kier alpha value is -2.06. The minimum Gasteiger partial charge on any atom is -0.385 e. The van der Waals surface area contributed by atoms with E-state index >= 15 is 0 Å². The lowest BCUT2D eigenvalue weighted by atomic mass is 9.95. The van der Waals surface area contributed by atoms with E-state index in [9.17, 15) is 0 Å². The highest BCUT2D eigenvalue weighted by Crippen LogP contribution is 2.36. The number of nitrogens with two attached hydrogens (primary N) is 1. The Morgan fingerprint density at radius 1 is 0.842 bits per heavy atom. The van der Waals surface area contributed by atoms with Gasteiger partial charge in [-0.15, -0.1) is 0 Å². The number of nitrogens with one attached hydrogen (secondary N) is 1. The van der Waals surface area contributed by atoms with Gasteiger partial charge in [0.1, 0.15) is 0 Å². The van der Waals surface area contributed by atoms with Crippen LogP contribution in [0, 0.1) is 0 Å². The normalized spacial score (nSPS) is 11.1. The molecular weight excluding hydrogens is 232 g/mol. The molecule has 3 aromatic rings. The van der Waals surface area contributed by atoms with Crippen molar-refractivity contribution in [2.24, 2.45) is 5.73 Å². The molecule has 0 fully saturated rings. The molecule has 0 aliphatic carbocycles. The summed E-state index contributed by atoms with van der Waals surface area (Å²) >= 11 is 0. The Labute approximate surface area is 113 Å². The van der Waals surface area contributed by atoms with E-state index in [-0.39, 0.29) is 0 Å². The second-order valence-corrected chi connectivity index (χ2v) is 4.68. The predicted octanol–water partition coefficient (Wildman–Crippen LogP) is 3.88. The number of hydrogen-bond acceptors (Lipinski definition) is 2. The Balaban J connectivity index is 2.53. The molecule has 0 aliphatic heterocycles. The largest absolute Gasteiger partial charge is 0.385 e. The van der Waals surface area contributed by atoms with E-state index < -0.39 is 0 Å². The van der Waals surface area contributed by atoms with E-state index in [1.54, 1.807) is 0 Å². The summed E-state index contributed by atoms with van der Waals surface area (Å²) in [6.45, 7) is 3.56. The molecule has 0 saturated carbocycles. The molecule has 2 heteroatoms. The molecule has 0 amide bonds. The molecule has 0 bridgehead atoms. The summed E-state index contributed by atoms with van der Waals surface area (Å²) in [6, 6.07) is 17.0. The van der Waals surface area contributed by atoms with Gasteiger partial charge in [0.2, 0.25) is 0 Å². The summed E-state index contributed by atoms with van der Waals surface area (Å²) in [5, 5.41) is 8.55. The third kappa shape index (κ3) is 1.85. The number of rotatable bonds is 3. The van der Waals surface area contributed by atoms with Crippen LogP contribution in [0.1, 0.15) is 12.5 Å². The van der Waals surface area contributed by atoms with Crippen molar-refractivity contribution in [2.75, 3.05) is 11.9 Å². The molecule has 0 spiro atoms. The molecular formula is C17H18N2. The average molecular weight is 250 g/mol. The number of hydrogen-bond donors (Lipinski definition) is 2. The Bertz CT molecular complexity index is 732.